The van der Waals surface area contributed by atoms with Gasteiger partial charge in [-0.1, -0.05) is 17.9 Å². The number of benzene rings is 1. The van der Waals surface area contributed by atoms with Crippen LogP contribution >= 0.6 is 0 Å². The number of nitrogens with zero attached hydrogens (tertiary/aromatic N) is 1. The number of carbonyl (C=O) groups is 1. The van der Waals surface area contributed by atoms with E-state index in [0.717, 1.165) is 0 Å². The lowest BCUT2D eigenvalue weighted by molar-refractivity contribution is -0.385. The molecule has 0 bridgehead atoms. The van der Waals surface area contributed by atoms with Crippen molar-refractivity contribution in [3.63, 3.8) is 0 Å². The van der Waals surface area contributed by atoms with Crippen molar-refractivity contribution in [2.45, 2.75) is 13.2 Å². The maximum Gasteiger partial charge on any atom is 0.280 e. The molecular formula is C9H8BNO3. The van der Waals surface area contributed by atoms with E-state index in [1.165, 1.54) is 19.1 Å². The fraction of sp³-hybridized carbons (Fsp3) is 0.222. The third kappa shape index (κ3) is 1.99. The average Bonchev–Trinajstić information content (AvgIpc) is 2.16. The molecule has 0 saturated heterocycles. The van der Waals surface area contributed by atoms with E-state index in [1.54, 1.807) is 6.07 Å². The standard InChI is InChI=1S/C9H8BNO3/c1-6(12)8-4-7(5-10)2-3-9(8)11(13)14/h2-4H,5H2,1H3. The van der Waals surface area contributed by atoms with Crippen molar-refractivity contribution in [1.29, 1.82) is 0 Å². The fourth-order valence-corrected chi connectivity index (χ4v) is 1.15. The van der Waals surface area contributed by atoms with Crippen LogP contribution in [-0.2, 0) is 6.32 Å². The van der Waals surface area contributed by atoms with Gasteiger partial charge in [0, 0.05) is 6.07 Å². The van der Waals surface area contributed by atoms with E-state index in [1.807, 2.05) is 0 Å². The number of hydrogen-bond acceptors (Lipinski definition) is 3. The van der Waals surface area contributed by atoms with Gasteiger partial charge in [0.05, 0.1) is 18.3 Å². The lowest BCUT2D eigenvalue weighted by Crippen LogP contribution is -2.01. The molecule has 0 unspecified atom stereocenters. The summed E-state index contributed by atoms with van der Waals surface area (Å²) in [4.78, 5) is 21.1. The summed E-state index contributed by atoms with van der Waals surface area (Å²) in [5, 5.41) is 10.5. The van der Waals surface area contributed by atoms with Crippen molar-refractivity contribution in [2.24, 2.45) is 0 Å². The van der Waals surface area contributed by atoms with Gasteiger partial charge in [0.1, 0.15) is 0 Å². The lowest BCUT2D eigenvalue weighted by atomic mass is 9.94. The Morgan fingerprint density at radius 2 is 2.21 bits per heavy atom. The van der Waals surface area contributed by atoms with Gasteiger partial charge in [0.2, 0.25) is 0 Å². The number of hydrogen-bond donors (Lipinski definition) is 0. The normalized spacial score (nSPS) is 9.79. The predicted molar refractivity (Wildman–Crippen MR) is 52.6 cm³/mol. The summed E-state index contributed by atoms with van der Waals surface area (Å²) in [7, 11) is 5.36. The van der Waals surface area contributed by atoms with Crippen molar-refractivity contribution >= 4 is 19.3 Å². The first-order valence-electron chi connectivity index (χ1n) is 4.04. The molecule has 0 N–H and O–H groups in total. The summed E-state index contributed by atoms with van der Waals surface area (Å²) in [6.45, 7) is 1.29. The topological polar surface area (TPSA) is 60.2 Å². The minimum atomic E-state index is -0.572. The molecule has 1 aromatic rings. The third-order valence-corrected chi connectivity index (χ3v) is 1.87. The molecule has 0 heterocycles. The molecule has 4 nitrogen and oxygen atoms in total. The first kappa shape index (κ1) is 10.4. The quantitative estimate of drug-likeness (QED) is 0.313. The molecule has 0 spiro atoms. The van der Waals surface area contributed by atoms with Crippen LogP contribution in [0.1, 0.15) is 22.8 Å². The maximum atomic E-state index is 11.1. The Labute approximate surface area is 82.5 Å². The zero-order chi connectivity index (χ0) is 10.7. The molecule has 0 saturated carbocycles. The van der Waals surface area contributed by atoms with Crippen LogP contribution in [0.25, 0.3) is 0 Å². The van der Waals surface area contributed by atoms with Crippen molar-refractivity contribution in [3.8, 4) is 0 Å². The van der Waals surface area contributed by atoms with Crippen molar-refractivity contribution < 1.29 is 9.72 Å². The molecule has 1 aromatic carbocycles. The monoisotopic (exact) mass is 189 g/mol. The minimum Gasteiger partial charge on any atom is -0.294 e. The molecule has 0 amide bonds. The smallest absolute Gasteiger partial charge is 0.280 e. The van der Waals surface area contributed by atoms with Crippen LogP contribution in [-0.4, -0.2) is 18.6 Å². The molecule has 5 heteroatoms. The molecule has 0 atom stereocenters. The van der Waals surface area contributed by atoms with E-state index in [4.69, 9.17) is 7.85 Å². The Kier molecular flexibility index (Phi) is 3.01. The number of nitro groups is 1. The van der Waals surface area contributed by atoms with Crippen LogP contribution in [0.15, 0.2) is 18.2 Å². The van der Waals surface area contributed by atoms with Gasteiger partial charge in [-0.05, 0) is 13.0 Å². The highest BCUT2D eigenvalue weighted by Gasteiger charge is 2.16. The van der Waals surface area contributed by atoms with Gasteiger partial charge in [-0.2, -0.15) is 0 Å². The highest BCUT2D eigenvalue weighted by molar-refractivity contribution is 6.08. The lowest BCUT2D eigenvalue weighted by Gasteiger charge is -2.01. The van der Waals surface area contributed by atoms with Gasteiger partial charge in [-0.15, -0.1) is 0 Å². The molecule has 2 radical (unpaired) electrons. The molecule has 14 heavy (non-hydrogen) atoms. The van der Waals surface area contributed by atoms with E-state index < -0.39 is 4.92 Å². The summed E-state index contributed by atoms with van der Waals surface area (Å²) in [6.07, 6.45) is 0.262. The van der Waals surface area contributed by atoms with Crippen LogP contribution < -0.4 is 0 Å². The molecule has 0 aliphatic heterocycles. The van der Waals surface area contributed by atoms with Crippen molar-refractivity contribution in [1.82, 2.24) is 0 Å². The number of nitro benzene ring substituents is 1. The van der Waals surface area contributed by atoms with E-state index in [2.05, 4.69) is 0 Å². The SMILES string of the molecule is [B]Cc1ccc([N+](=O)[O-])c(C(C)=O)c1. The summed E-state index contributed by atoms with van der Waals surface area (Å²) in [5.74, 6) is -0.327. The second-order valence-electron chi connectivity index (χ2n) is 2.87. The van der Waals surface area contributed by atoms with Gasteiger partial charge in [-0.25, -0.2) is 0 Å². The first-order valence-corrected chi connectivity index (χ1v) is 4.04. The highest BCUT2D eigenvalue weighted by atomic mass is 16.6. The molecule has 1 rings (SSSR count). The number of Topliss-reactive ketones (excluding diaryl/α,β-unsaturated/α-hetero) is 1. The number of rotatable bonds is 3. The van der Waals surface area contributed by atoms with Crippen molar-refractivity contribution in [3.05, 3.63) is 39.4 Å². The first-order chi connectivity index (χ1) is 6.56. The predicted octanol–water partition coefficient (Wildman–Crippen LogP) is 1.47. The second-order valence-corrected chi connectivity index (χ2v) is 2.87. The number of carbonyl (C=O) groups excluding carboxylic acids is 1. The maximum absolute atomic E-state index is 11.1. The zero-order valence-corrected chi connectivity index (χ0v) is 7.69. The largest absolute Gasteiger partial charge is 0.294 e. The highest BCUT2D eigenvalue weighted by Crippen LogP contribution is 2.20. The Morgan fingerprint density at radius 1 is 1.57 bits per heavy atom. The van der Waals surface area contributed by atoms with E-state index >= 15 is 0 Å². The van der Waals surface area contributed by atoms with Gasteiger partial charge in [0.25, 0.3) is 5.69 Å². The van der Waals surface area contributed by atoms with Crippen LogP contribution in [0.3, 0.4) is 0 Å². The van der Waals surface area contributed by atoms with Crippen LogP contribution in [0.4, 0.5) is 5.69 Å². The Balaban J connectivity index is 3.31. The zero-order valence-electron chi connectivity index (χ0n) is 7.69. The molecule has 0 aromatic heterocycles. The van der Waals surface area contributed by atoms with Crippen LogP contribution in [0.2, 0.25) is 0 Å². The fourth-order valence-electron chi connectivity index (χ4n) is 1.15. The summed E-state index contributed by atoms with van der Waals surface area (Å²) in [5.41, 5.74) is 0.647. The molecule has 0 aliphatic carbocycles. The van der Waals surface area contributed by atoms with E-state index in [-0.39, 0.29) is 23.4 Å². The third-order valence-electron chi connectivity index (χ3n) is 1.87. The van der Waals surface area contributed by atoms with Gasteiger partial charge in [-0.3, -0.25) is 14.9 Å². The van der Waals surface area contributed by atoms with Crippen LogP contribution in [0, 0.1) is 10.1 Å². The Bertz CT molecular complexity index is 390. The van der Waals surface area contributed by atoms with E-state index in [9.17, 15) is 14.9 Å². The van der Waals surface area contributed by atoms with Gasteiger partial charge < -0.3 is 0 Å². The summed E-state index contributed by atoms with van der Waals surface area (Å²) < 4.78 is 0. The van der Waals surface area contributed by atoms with Gasteiger partial charge in [0.15, 0.2) is 5.78 Å². The summed E-state index contributed by atoms with van der Waals surface area (Å²) >= 11 is 0. The summed E-state index contributed by atoms with van der Waals surface area (Å²) in [6, 6.07) is 4.31. The average molecular weight is 189 g/mol. The molecule has 0 fully saturated rings. The Morgan fingerprint density at radius 3 is 2.64 bits per heavy atom. The van der Waals surface area contributed by atoms with E-state index in [0.29, 0.717) is 5.56 Å². The Hall–Kier alpha value is -1.65. The molecule has 0 aliphatic rings. The van der Waals surface area contributed by atoms with Gasteiger partial charge >= 0.3 is 0 Å². The number of ketones is 1. The van der Waals surface area contributed by atoms with Crippen molar-refractivity contribution in [2.75, 3.05) is 0 Å². The second kappa shape index (κ2) is 4.04. The molecule has 70 valence electrons. The molecular weight excluding hydrogens is 181 g/mol. The van der Waals surface area contributed by atoms with Crippen LogP contribution in [0.5, 0.6) is 0 Å². The minimum absolute atomic E-state index is 0.109.